The molecule has 140 valence electrons. The molecule has 1 N–H and O–H groups in total. The van der Waals surface area contributed by atoms with E-state index >= 15 is 0 Å². The van der Waals surface area contributed by atoms with Gasteiger partial charge in [0.15, 0.2) is 5.69 Å². The number of esters is 1. The average molecular weight is 377 g/mol. The van der Waals surface area contributed by atoms with Crippen molar-refractivity contribution in [3.63, 3.8) is 0 Å². The lowest BCUT2D eigenvalue weighted by Gasteiger charge is -2.22. The molecule has 26 heavy (non-hydrogen) atoms. The first-order chi connectivity index (χ1) is 12.5. The lowest BCUT2D eigenvalue weighted by atomic mass is 10.2. The highest BCUT2D eigenvalue weighted by molar-refractivity contribution is 7.09. The summed E-state index contributed by atoms with van der Waals surface area (Å²) in [7, 11) is 2.94. The number of hydrogen-bond donors (Lipinski definition) is 1. The van der Waals surface area contributed by atoms with Gasteiger partial charge in [0.2, 0.25) is 0 Å². The number of aryl methyl sites for hydroxylation is 1. The highest BCUT2D eigenvalue weighted by Crippen LogP contribution is 2.17. The molecule has 0 aliphatic rings. The van der Waals surface area contributed by atoms with E-state index in [4.69, 9.17) is 4.74 Å². The second kappa shape index (κ2) is 9.88. The summed E-state index contributed by atoms with van der Waals surface area (Å²) in [5, 5.41) is 5.23. The summed E-state index contributed by atoms with van der Waals surface area (Å²) in [6.45, 7) is 3.32. The number of nitrogens with one attached hydrogen (secondary N) is 1. The third-order valence-corrected chi connectivity index (χ3v) is 4.56. The van der Waals surface area contributed by atoms with Gasteiger partial charge in [-0.1, -0.05) is 18.2 Å². The molecule has 7 nitrogen and oxygen atoms in total. The van der Waals surface area contributed by atoms with Crippen LogP contribution < -0.4 is 5.32 Å². The molecule has 0 fully saturated rings. The van der Waals surface area contributed by atoms with Gasteiger partial charge in [0.05, 0.1) is 13.7 Å². The van der Waals surface area contributed by atoms with Crippen molar-refractivity contribution in [1.29, 1.82) is 0 Å². The second-order valence-electron chi connectivity index (χ2n) is 5.63. The summed E-state index contributed by atoms with van der Waals surface area (Å²) in [4.78, 5) is 30.2. The van der Waals surface area contributed by atoms with Crippen molar-refractivity contribution in [2.45, 2.75) is 19.9 Å². The first-order valence-corrected chi connectivity index (χ1v) is 9.06. The zero-order chi connectivity index (χ0) is 18.9. The van der Waals surface area contributed by atoms with Crippen LogP contribution in [0.25, 0.3) is 0 Å². The van der Waals surface area contributed by atoms with Gasteiger partial charge < -0.3 is 19.7 Å². The average Bonchev–Trinajstić information content (AvgIpc) is 3.11. The molecule has 0 bridgehead atoms. The lowest BCUT2D eigenvalue weighted by Crippen LogP contribution is -2.35. The van der Waals surface area contributed by atoms with E-state index in [-0.39, 0.29) is 11.7 Å². The number of urea groups is 1. The highest BCUT2D eigenvalue weighted by atomic mass is 32.1. The van der Waals surface area contributed by atoms with Gasteiger partial charge in [-0.05, 0) is 25.0 Å². The quantitative estimate of drug-likeness (QED) is 0.564. The molecule has 0 atom stereocenters. The Morgan fingerprint density at radius 3 is 2.73 bits per heavy atom. The van der Waals surface area contributed by atoms with E-state index in [1.165, 1.54) is 18.4 Å². The molecular weight excluding hydrogens is 354 g/mol. The standard InChI is InChI=1S/C18H23N3O4S/c1-13-7-4-5-8-14(13)20-18(23)21(9-6-10-24-2)11-16-19-15(12-26-16)17(22)25-3/h4-5,7-8,12H,6,9-11H2,1-3H3,(H,20,23). The second-order valence-corrected chi connectivity index (χ2v) is 6.57. The minimum absolute atomic E-state index is 0.217. The van der Waals surface area contributed by atoms with Gasteiger partial charge in [-0.3, -0.25) is 0 Å². The van der Waals surface area contributed by atoms with Gasteiger partial charge in [-0.25, -0.2) is 14.6 Å². The fourth-order valence-electron chi connectivity index (χ4n) is 2.30. The first-order valence-electron chi connectivity index (χ1n) is 8.18. The summed E-state index contributed by atoms with van der Waals surface area (Å²) < 4.78 is 9.75. The highest BCUT2D eigenvalue weighted by Gasteiger charge is 2.18. The topological polar surface area (TPSA) is 80.8 Å². The van der Waals surface area contributed by atoms with Crippen LogP contribution in [0.15, 0.2) is 29.6 Å². The Bertz CT molecular complexity index is 748. The van der Waals surface area contributed by atoms with Crippen LogP contribution in [0.5, 0.6) is 0 Å². The Kier molecular flexibility index (Phi) is 7.55. The number of carbonyl (C=O) groups is 2. The molecule has 0 saturated carbocycles. The number of thiazole rings is 1. The van der Waals surface area contributed by atoms with Gasteiger partial charge in [-0.15, -0.1) is 11.3 Å². The van der Waals surface area contributed by atoms with Crippen LogP contribution >= 0.6 is 11.3 Å². The van der Waals surface area contributed by atoms with E-state index in [2.05, 4.69) is 15.0 Å². The zero-order valence-electron chi connectivity index (χ0n) is 15.2. The third-order valence-electron chi connectivity index (χ3n) is 3.72. The molecule has 2 amide bonds. The fourth-order valence-corrected chi connectivity index (χ4v) is 3.08. The number of ether oxygens (including phenoxy) is 2. The Balaban J connectivity index is 2.09. The van der Waals surface area contributed by atoms with E-state index in [0.717, 1.165) is 11.3 Å². The fraction of sp³-hybridized carbons (Fsp3) is 0.389. The molecule has 0 unspecified atom stereocenters. The number of benzene rings is 1. The Morgan fingerprint density at radius 2 is 2.04 bits per heavy atom. The maximum Gasteiger partial charge on any atom is 0.357 e. The summed E-state index contributed by atoms with van der Waals surface area (Å²) in [6, 6.07) is 7.38. The number of anilines is 1. The monoisotopic (exact) mass is 377 g/mol. The van der Waals surface area contributed by atoms with Crippen LogP contribution in [0.1, 0.15) is 27.5 Å². The molecule has 8 heteroatoms. The normalized spacial score (nSPS) is 10.4. The van der Waals surface area contributed by atoms with Crippen LogP contribution in [-0.4, -0.2) is 49.3 Å². The van der Waals surface area contributed by atoms with Gasteiger partial charge >= 0.3 is 12.0 Å². The number of carbonyl (C=O) groups excluding carboxylic acids is 2. The smallest absolute Gasteiger partial charge is 0.357 e. The molecule has 0 radical (unpaired) electrons. The van der Waals surface area contributed by atoms with Crippen LogP contribution in [0.4, 0.5) is 10.5 Å². The first kappa shape index (κ1) is 19.9. The van der Waals surface area contributed by atoms with Crippen molar-refractivity contribution in [2.75, 3.05) is 32.7 Å². The van der Waals surface area contributed by atoms with Crippen molar-refractivity contribution < 1.29 is 19.1 Å². The molecule has 2 rings (SSSR count). The minimum Gasteiger partial charge on any atom is -0.464 e. The summed E-state index contributed by atoms with van der Waals surface area (Å²) in [6.07, 6.45) is 0.701. The third kappa shape index (κ3) is 5.53. The molecule has 1 heterocycles. The number of aromatic nitrogens is 1. The Hall–Kier alpha value is -2.45. The lowest BCUT2D eigenvalue weighted by molar-refractivity contribution is 0.0594. The Morgan fingerprint density at radius 1 is 1.27 bits per heavy atom. The molecule has 1 aromatic carbocycles. The minimum atomic E-state index is -0.484. The number of para-hydroxylation sites is 1. The number of hydrogen-bond acceptors (Lipinski definition) is 6. The summed E-state index contributed by atoms with van der Waals surface area (Å²) in [5.74, 6) is -0.484. The number of nitrogens with zero attached hydrogens (tertiary/aromatic N) is 2. The van der Waals surface area contributed by atoms with Crippen molar-refractivity contribution in [2.24, 2.45) is 0 Å². The van der Waals surface area contributed by atoms with Gasteiger partial charge in [0.25, 0.3) is 0 Å². The van der Waals surface area contributed by atoms with Crippen molar-refractivity contribution in [1.82, 2.24) is 9.88 Å². The maximum atomic E-state index is 12.7. The van der Waals surface area contributed by atoms with Crippen molar-refractivity contribution >= 4 is 29.0 Å². The van der Waals surface area contributed by atoms with Crippen LogP contribution in [0.3, 0.4) is 0 Å². The summed E-state index contributed by atoms with van der Waals surface area (Å²) in [5.41, 5.74) is 2.01. The summed E-state index contributed by atoms with van der Waals surface area (Å²) >= 11 is 1.32. The Labute approximate surface area is 156 Å². The molecule has 0 spiro atoms. The van der Waals surface area contributed by atoms with Gasteiger partial charge in [-0.2, -0.15) is 0 Å². The van der Waals surface area contributed by atoms with Gasteiger partial charge in [0.1, 0.15) is 5.01 Å². The van der Waals surface area contributed by atoms with Crippen LogP contribution in [0.2, 0.25) is 0 Å². The molecule has 0 aliphatic carbocycles. The van der Waals surface area contributed by atoms with E-state index in [1.54, 1.807) is 17.4 Å². The molecular formula is C18H23N3O4S. The van der Waals surface area contributed by atoms with Crippen LogP contribution in [-0.2, 0) is 16.0 Å². The van der Waals surface area contributed by atoms with E-state index in [1.807, 2.05) is 31.2 Å². The molecule has 1 aromatic heterocycles. The van der Waals surface area contributed by atoms with Crippen molar-refractivity contribution in [3.8, 4) is 0 Å². The molecule has 0 aliphatic heterocycles. The number of rotatable bonds is 8. The van der Waals surface area contributed by atoms with Crippen LogP contribution in [0, 0.1) is 6.92 Å². The largest absolute Gasteiger partial charge is 0.464 e. The van der Waals surface area contributed by atoms with Crippen molar-refractivity contribution in [3.05, 3.63) is 45.9 Å². The maximum absolute atomic E-state index is 12.7. The number of methoxy groups -OCH3 is 2. The van der Waals surface area contributed by atoms with E-state index in [0.29, 0.717) is 31.1 Å². The van der Waals surface area contributed by atoms with E-state index in [9.17, 15) is 9.59 Å². The predicted octanol–water partition coefficient (Wildman–Crippen LogP) is 3.31. The molecule has 0 saturated heterocycles. The SMILES string of the molecule is COCCCN(Cc1nc(C(=O)OC)cs1)C(=O)Nc1ccccc1C. The number of amides is 2. The molecule has 2 aromatic rings. The zero-order valence-corrected chi connectivity index (χ0v) is 16.0. The van der Waals surface area contributed by atoms with Gasteiger partial charge in [0, 0.05) is 31.3 Å². The predicted molar refractivity (Wildman–Crippen MR) is 101 cm³/mol. The van der Waals surface area contributed by atoms with E-state index < -0.39 is 5.97 Å².